The number of carbonyl (C=O) groups is 2. The molecule has 0 aliphatic heterocycles. The Hall–Kier alpha value is -1.06. The Morgan fingerprint density at radius 1 is 1.36 bits per heavy atom. The van der Waals surface area contributed by atoms with Crippen LogP contribution in [0.4, 0.5) is 0 Å². The topological polar surface area (TPSA) is 63.6 Å². The molecular formula is C7H10O4. The van der Waals surface area contributed by atoms with Crippen LogP contribution in [0.2, 0.25) is 0 Å². The minimum atomic E-state index is -0.897. The van der Waals surface area contributed by atoms with Gasteiger partial charge in [0, 0.05) is 0 Å². The normalized spacial score (nSPS) is 28.8. The number of carboxylic acids is 1. The van der Waals surface area contributed by atoms with Crippen LogP contribution in [-0.4, -0.2) is 24.2 Å². The van der Waals surface area contributed by atoms with Crippen LogP contribution in [0.25, 0.3) is 0 Å². The van der Waals surface area contributed by atoms with Crippen molar-refractivity contribution in [3.05, 3.63) is 0 Å². The van der Waals surface area contributed by atoms with Crippen molar-refractivity contribution in [2.75, 3.05) is 7.11 Å². The molecule has 1 aliphatic carbocycles. The first-order chi connectivity index (χ1) is 5.16. The largest absolute Gasteiger partial charge is 0.481 e. The molecule has 0 heterocycles. The highest BCUT2D eigenvalue weighted by Gasteiger charge is 2.42. The predicted octanol–water partition coefficient (Wildman–Crippen LogP) is 0.270. The van der Waals surface area contributed by atoms with Crippen molar-refractivity contribution >= 4 is 11.9 Å². The lowest BCUT2D eigenvalue weighted by Gasteiger charge is -2.30. The maximum Gasteiger partial charge on any atom is 0.309 e. The summed E-state index contributed by atoms with van der Waals surface area (Å²) in [6.45, 7) is 0. The number of hydrogen-bond donors (Lipinski definition) is 1. The fraction of sp³-hybridized carbons (Fsp3) is 0.714. The molecule has 4 nitrogen and oxygen atoms in total. The van der Waals surface area contributed by atoms with E-state index in [-0.39, 0.29) is 0 Å². The molecule has 4 heteroatoms. The van der Waals surface area contributed by atoms with Gasteiger partial charge in [-0.25, -0.2) is 0 Å². The van der Waals surface area contributed by atoms with E-state index >= 15 is 0 Å². The minimum absolute atomic E-state index is 0.399. The summed E-state index contributed by atoms with van der Waals surface area (Å²) in [5, 5.41) is 8.54. The molecule has 0 aromatic heterocycles. The van der Waals surface area contributed by atoms with Gasteiger partial charge in [-0.3, -0.25) is 9.59 Å². The zero-order valence-corrected chi connectivity index (χ0v) is 6.24. The minimum Gasteiger partial charge on any atom is -0.481 e. The first-order valence-electron chi connectivity index (χ1n) is 3.47. The Balaban J connectivity index is 2.49. The van der Waals surface area contributed by atoms with Gasteiger partial charge in [0.05, 0.1) is 18.9 Å². The second-order valence-electron chi connectivity index (χ2n) is 2.65. The lowest BCUT2D eigenvalue weighted by molar-refractivity contribution is -0.162. The van der Waals surface area contributed by atoms with Crippen LogP contribution < -0.4 is 0 Å². The highest BCUT2D eigenvalue weighted by Crippen LogP contribution is 2.35. The van der Waals surface area contributed by atoms with Crippen LogP contribution in [0.1, 0.15) is 12.8 Å². The fourth-order valence-corrected chi connectivity index (χ4v) is 1.23. The second-order valence-corrected chi connectivity index (χ2v) is 2.65. The molecule has 0 saturated heterocycles. The van der Waals surface area contributed by atoms with Crippen LogP contribution in [0.3, 0.4) is 0 Å². The third kappa shape index (κ3) is 1.34. The van der Waals surface area contributed by atoms with E-state index in [2.05, 4.69) is 4.74 Å². The van der Waals surface area contributed by atoms with E-state index in [1.807, 2.05) is 0 Å². The molecule has 11 heavy (non-hydrogen) atoms. The van der Waals surface area contributed by atoms with Gasteiger partial charge >= 0.3 is 11.9 Å². The van der Waals surface area contributed by atoms with Crippen LogP contribution in [0.15, 0.2) is 0 Å². The molecule has 0 aromatic carbocycles. The van der Waals surface area contributed by atoms with Crippen molar-refractivity contribution in [3.63, 3.8) is 0 Å². The summed E-state index contributed by atoms with van der Waals surface area (Å²) in [6.07, 6.45) is 1.23. The summed E-state index contributed by atoms with van der Waals surface area (Å²) < 4.78 is 4.43. The Morgan fingerprint density at radius 2 is 1.91 bits per heavy atom. The van der Waals surface area contributed by atoms with Crippen LogP contribution in [0, 0.1) is 11.8 Å². The summed E-state index contributed by atoms with van der Waals surface area (Å²) >= 11 is 0. The van der Waals surface area contributed by atoms with Gasteiger partial charge in [-0.05, 0) is 12.8 Å². The quantitative estimate of drug-likeness (QED) is 0.586. The van der Waals surface area contributed by atoms with E-state index < -0.39 is 23.8 Å². The molecule has 0 radical (unpaired) electrons. The van der Waals surface area contributed by atoms with Gasteiger partial charge in [0.25, 0.3) is 0 Å². The molecule has 1 N–H and O–H groups in total. The first kappa shape index (κ1) is 8.04. The number of ether oxygens (including phenoxy) is 1. The van der Waals surface area contributed by atoms with Gasteiger partial charge in [0.2, 0.25) is 0 Å². The monoisotopic (exact) mass is 158 g/mol. The van der Waals surface area contributed by atoms with Crippen molar-refractivity contribution in [1.29, 1.82) is 0 Å². The zero-order valence-electron chi connectivity index (χ0n) is 6.24. The Kier molecular flexibility index (Phi) is 2.12. The molecule has 0 spiro atoms. The molecule has 1 aliphatic rings. The Morgan fingerprint density at radius 3 is 2.18 bits per heavy atom. The van der Waals surface area contributed by atoms with Gasteiger partial charge in [-0.15, -0.1) is 0 Å². The molecule has 62 valence electrons. The number of hydrogen-bond acceptors (Lipinski definition) is 3. The predicted molar refractivity (Wildman–Crippen MR) is 35.9 cm³/mol. The number of esters is 1. The smallest absolute Gasteiger partial charge is 0.309 e. The maximum atomic E-state index is 10.8. The van der Waals surface area contributed by atoms with Crippen LogP contribution in [0.5, 0.6) is 0 Å². The number of carboxylic acid groups (broad SMARTS) is 1. The molecule has 1 fully saturated rings. The average molecular weight is 158 g/mol. The third-order valence-electron chi connectivity index (χ3n) is 2.10. The molecule has 2 atom stereocenters. The number of rotatable bonds is 2. The molecule has 0 aromatic rings. The van der Waals surface area contributed by atoms with E-state index in [9.17, 15) is 9.59 Å². The Labute approximate surface area is 64.2 Å². The maximum absolute atomic E-state index is 10.8. The summed E-state index contributed by atoms with van der Waals surface area (Å²) in [7, 11) is 1.28. The van der Waals surface area contributed by atoms with Crippen molar-refractivity contribution in [2.24, 2.45) is 11.8 Å². The first-order valence-corrected chi connectivity index (χ1v) is 3.47. The standard InChI is InChI=1S/C7H10O4/c1-11-7(10)5-3-2-4(5)6(8)9/h4-5H,2-3H2,1H3,(H,8,9)/t4-,5-/m0/s1. The average Bonchev–Trinajstić information content (AvgIpc) is 1.83. The van der Waals surface area contributed by atoms with Gasteiger partial charge in [-0.1, -0.05) is 0 Å². The van der Waals surface area contributed by atoms with Crippen LogP contribution >= 0.6 is 0 Å². The van der Waals surface area contributed by atoms with E-state index in [0.29, 0.717) is 12.8 Å². The van der Waals surface area contributed by atoms with E-state index in [4.69, 9.17) is 5.11 Å². The second kappa shape index (κ2) is 2.90. The molecule has 0 bridgehead atoms. The number of aliphatic carboxylic acids is 1. The van der Waals surface area contributed by atoms with E-state index in [0.717, 1.165) is 0 Å². The van der Waals surface area contributed by atoms with Crippen LogP contribution in [-0.2, 0) is 14.3 Å². The third-order valence-corrected chi connectivity index (χ3v) is 2.10. The lowest BCUT2D eigenvalue weighted by Crippen LogP contribution is -2.38. The molecule has 0 unspecified atom stereocenters. The molecule has 0 amide bonds. The summed E-state index contributed by atoms with van der Waals surface area (Å²) in [6, 6.07) is 0. The molecular weight excluding hydrogens is 148 g/mol. The van der Waals surface area contributed by atoms with Crippen molar-refractivity contribution in [3.8, 4) is 0 Å². The van der Waals surface area contributed by atoms with E-state index in [1.54, 1.807) is 0 Å². The summed E-state index contributed by atoms with van der Waals surface area (Å²) in [5.74, 6) is -2.21. The zero-order chi connectivity index (χ0) is 8.43. The Bertz CT molecular complexity index is 187. The van der Waals surface area contributed by atoms with Gasteiger partial charge in [-0.2, -0.15) is 0 Å². The number of carbonyl (C=O) groups excluding carboxylic acids is 1. The van der Waals surface area contributed by atoms with E-state index in [1.165, 1.54) is 7.11 Å². The van der Waals surface area contributed by atoms with Gasteiger partial charge in [0.15, 0.2) is 0 Å². The van der Waals surface area contributed by atoms with Gasteiger partial charge in [0.1, 0.15) is 0 Å². The molecule has 1 saturated carbocycles. The highest BCUT2D eigenvalue weighted by molar-refractivity contribution is 5.82. The van der Waals surface area contributed by atoms with Crippen molar-refractivity contribution in [1.82, 2.24) is 0 Å². The lowest BCUT2D eigenvalue weighted by atomic mass is 9.74. The number of methoxy groups -OCH3 is 1. The highest BCUT2D eigenvalue weighted by atomic mass is 16.5. The van der Waals surface area contributed by atoms with Crippen molar-refractivity contribution < 1.29 is 19.4 Å². The van der Waals surface area contributed by atoms with Crippen molar-refractivity contribution in [2.45, 2.75) is 12.8 Å². The SMILES string of the molecule is COC(=O)[C@H]1CC[C@@H]1C(=O)O. The summed E-state index contributed by atoms with van der Waals surface area (Å²) in [5.41, 5.74) is 0. The van der Waals surface area contributed by atoms with Gasteiger partial charge < -0.3 is 9.84 Å². The summed E-state index contributed by atoms with van der Waals surface area (Å²) in [4.78, 5) is 21.2. The molecule has 1 rings (SSSR count). The fourth-order valence-electron chi connectivity index (χ4n) is 1.23.